The number of amides is 1. The van der Waals surface area contributed by atoms with Crippen LogP contribution in [0.1, 0.15) is 15.2 Å². The molecule has 3 aromatic rings. The molecule has 3 rings (SSSR count). The largest absolute Gasteiger partial charge is 0.340 e. The maximum Gasteiger partial charge on any atom is 0.262 e. The van der Waals surface area contributed by atoms with Crippen LogP contribution in [0.25, 0.3) is 11.1 Å². The van der Waals surface area contributed by atoms with Crippen LogP contribution in [0.3, 0.4) is 0 Å². The molecule has 0 unspecified atom stereocenters. The van der Waals surface area contributed by atoms with Gasteiger partial charge in [0.2, 0.25) is 0 Å². The molecule has 112 valence electrons. The third-order valence-corrected chi connectivity index (χ3v) is 4.21. The van der Waals surface area contributed by atoms with Gasteiger partial charge >= 0.3 is 0 Å². The van der Waals surface area contributed by atoms with Crippen LogP contribution in [0.2, 0.25) is 0 Å². The Kier molecular flexibility index (Phi) is 4.88. The molecule has 0 atom stereocenters. The lowest BCUT2D eigenvalue weighted by Crippen LogP contribution is -2.23. The predicted octanol–water partition coefficient (Wildman–Crippen LogP) is 4.20. The van der Waals surface area contributed by atoms with Crippen molar-refractivity contribution in [1.82, 2.24) is 5.32 Å². The summed E-state index contributed by atoms with van der Waals surface area (Å²) in [5.41, 5.74) is 2.96. The van der Waals surface area contributed by atoms with Crippen LogP contribution in [0.5, 0.6) is 0 Å². The maximum absolute atomic E-state index is 12.3. The van der Waals surface area contributed by atoms with Gasteiger partial charge in [-0.05, 0) is 29.1 Å². The molecule has 0 aliphatic heterocycles. The lowest BCUT2D eigenvalue weighted by Gasteiger charge is -2.03. The molecule has 1 aromatic heterocycles. The van der Waals surface area contributed by atoms with Crippen molar-refractivity contribution >= 4 is 17.2 Å². The van der Waals surface area contributed by atoms with E-state index in [1.54, 1.807) is 0 Å². The van der Waals surface area contributed by atoms with Gasteiger partial charge in [-0.3, -0.25) is 4.79 Å². The zero-order valence-electron chi connectivity index (χ0n) is 12.5. The summed E-state index contributed by atoms with van der Waals surface area (Å²) in [5.74, 6) is 5.92. The van der Waals surface area contributed by atoms with Gasteiger partial charge in [0.15, 0.2) is 0 Å². The molecule has 0 bridgehead atoms. The predicted molar refractivity (Wildman–Crippen MR) is 95.4 cm³/mol. The molecule has 1 N–H and O–H groups in total. The van der Waals surface area contributed by atoms with Crippen molar-refractivity contribution < 1.29 is 4.79 Å². The summed E-state index contributed by atoms with van der Waals surface area (Å²) in [6, 6.07) is 21.6. The van der Waals surface area contributed by atoms with Crippen LogP contribution in [0.4, 0.5) is 0 Å². The highest BCUT2D eigenvalue weighted by Gasteiger charge is 2.13. The lowest BCUT2D eigenvalue weighted by atomic mass is 10.1. The number of carbonyl (C=O) groups excluding carboxylic acids is 1. The highest BCUT2D eigenvalue weighted by molar-refractivity contribution is 7.12. The van der Waals surface area contributed by atoms with Crippen LogP contribution in [-0.2, 0) is 0 Å². The van der Waals surface area contributed by atoms with E-state index in [0.29, 0.717) is 6.54 Å². The molecule has 2 nitrogen and oxygen atoms in total. The normalized spacial score (nSPS) is 9.74. The molecule has 3 heteroatoms. The molecular formula is C20H15NOS. The zero-order chi connectivity index (χ0) is 15.9. The van der Waals surface area contributed by atoms with Crippen LogP contribution < -0.4 is 5.32 Å². The van der Waals surface area contributed by atoms with E-state index in [0.717, 1.165) is 21.6 Å². The quantitative estimate of drug-likeness (QED) is 0.721. The van der Waals surface area contributed by atoms with Gasteiger partial charge in [0.05, 0.1) is 11.4 Å². The summed E-state index contributed by atoms with van der Waals surface area (Å²) in [6.45, 7) is 0.333. The monoisotopic (exact) mass is 317 g/mol. The Morgan fingerprint density at radius 1 is 0.957 bits per heavy atom. The minimum atomic E-state index is -0.0822. The molecule has 1 amide bonds. The lowest BCUT2D eigenvalue weighted by molar-refractivity contribution is 0.0963. The third kappa shape index (κ3) is 3.88. The molecule has 0 saturated heterocycles. The van der Waals surface area contributed by atoms with E-state index in [9.17, 15) is 4.79 Å². The third-order valence-electron chi connectivity index (χ3n) is 3.30. The number of hydrogen-bond acceptors (Lipinski definition) is 2. The summed E-state index contributed by atoms with van der Waals surface area (Å²) < 4.78 is 0. The minimum Gasteiger partial charge on any atom is -0.340 e. The Morgan fingerprint density at radius 3 is 2.39 bits per heavy atom. The first-order valence-corrected chi connectivity index (χ1v) is 8.17. The number of thiophene rings is 1. The molecule has 0 fully saturated rings. The molecule has 1 heterocycles. The van der Waals surface area contributed by atoms with Gasteiger partial charge in [0.25, 0.3) is 5.91 Å². The maximum atomic E-state index is 12.3. The Morgan fingerprint density at radius 2 is 1.65 bits per heavy atom. The summed E-state index contributed by atoms with van der Waals surface area (Å²) in [5, 5.41) is 4.80. The second-order valence-electron chi connectivity index (χ2n) is 4.88. The summed E-state index contributed by atoms with van der Waals surface area (Å²) >= 11 is 1.45. The second kappa shape index (κ2) is 7.44. The highest BCUT2D eigenvalue weighted by atomic mass is 32.1. The van der Waals surface area contributed by atoms with Crippen molar-refractivity contribution in [2.75, 3.05) is 6.54 Å². The van der Waals surface area contributed by atoms with Crippen LogP contribution in [-0.4, -0.2) is 12.5 Å². The molecule has 23 heavy (non-hydrogen) atoms. The van der Waals surface area contributed by atoms with Gasteiger partial charge in [0, 0.05) is 11.1 Å². The van der Waals surface area contributed by atoms with E-state index in [4.69, 9.17) is 0 Å². The molecule has 0 spiro atoms. The molecule has 0 aliphatic carbocycles. The van der Waals surface area contributed by atoms with E-state index in [1.807, 2.05) is 72.1 Å². The van der Waals surface area contributed by atoms with Crippen molar-refractivity contribution in [3.05, 3.63) is 82.6 Å². The molecule has 2 aromatic carbocycles. The minimum absolute atomic E-state index is 0.0822. The number of hydrogen-bond donors (Lipinski definition) is 1. The van der Waals surface area contributed by atoms with Gasteiger partial charge in [0.1, 0.15) is 0 Å². The fraction of sp³-hybridized carbons (Fsp3) is 0.0500. The first-order valence-electron chi connectivity index (χ1n) is 7.29. The first-order chi connectivity index (χ1) is 11.3. The van der Waals surface area contributed by atoms with E-state index >= 15 is 0 Å². The van der Waals surface area contributed by atoms with Crippen molar-refractivity contribution in [3.63, 3.8) is 0 Å². The summed E-state index contributed by atoms with van der Waals surface area (Å²) in [7, 11) is 0. The highest BCUT2D eigenvalue weighted by Crippen LogP contribution is 2.27. The first kappa shape index (κ1) is 15.1. The average molecular weight is 317 g/mol. The van der Waals surface area contributed by atoms with Gasteiger partial charge in [-0.1, -0.05) is 60.4 Å². The Bertz CT molecular complexity index is 841. The van der Waals surface area contributed by atoms with E-state index in [-0.39, 0.29) is 5.91 Å². The molecule has 0 aliphatic rings. The number of rotatable bonds is 3. The van der Waals surface area contributed by atoms with Crippen LogP contribution in [0, 0.1) is 11.8 Å². The fourth-order valence-corrected chi connectivity index (χ4v) is 3.03. The van der Waals surface area contributed by atoms with E-state index in [2.05, 4.69) is 17.2 Å². The van der Waals surface area contributed by atoms with E-state index < -0.39 is 0 Å². The molecular weight excluding hydrogens is 302 g/mol. The number of carbonyl (C=O) groups is 1. The second-order valence-corrected chi connectivity index (χ2v) is 5.80. The van der Waals surface area contributed by atoms with Gasteiger partial charge in [-0.2, -0.15) is 0 Å². The van der Waals surface area contributed by atoms with Crippen molar-refractivity contribution in [1.29, 1.82) is 0 Å². The molecule has 0 radical (unpaired) electrons. The topological polar surface area (TPSA) is 29.1 Å². The standard InChI is InChI=1S/C20H15NOS/c22-20(21-14-7-10-16-8-3-1-4-9-16)19-18(13-15-23-19)17-11-5-2-6-12-17/h1-6,8-9,11-13,15H,14H2,(H,21,22). The van der Waals surface area contributed by atoms with Crippen molar-refractivity contribution in [2.45, 2.75) is 0 Å². The SMILES string of the molecule is O=C(NCC#Cc1ccccc1)c1sccc1-c1ccccc1. The zero-order valence-corrected chi connectivity index (χ0v) is 13.3. The van der Waals surface area contributed by atoms with Gasteiger partial charge in [-0.15, -0.1) is 11.3 Å². The Hall–Kier alpha value is -2.83. The number of benzene rings is 2. The van der Waals surface area contributed by atoms with Crippen LogP contribution in [0.15, 0.2) is 72.1 Å². The summed E-state index contributed by atoms with van der Waals surface area (Å²) in [4.78, 5) is 13.1. The Labute approximate surface area is 139 Å². The van der Waals surface area contributed by atoms with Crippen LogP contribution >= 0.6 is 11.3 Å². The fourth-order valence-electron chi connectivity index (χ4n) is 2.20. The Balaban J connectivity index is 1.66. The van der Waals surface area contributed by atoms with Gasteiger partial charge in [-0.25, -0.2) is 0 Å². The van der Waals surface area contributed by atoms with Crippen molar-refractivity contribution in [2.24, 2.45) is 0 Å². The smallest absolute Gasteiger partial charge is 0.262 e. The average Bonchev–Trinajstić information content (AvgIpc) is 3.10. The van der Waals surface area contributed by atoms with Gasteiger partial charge < -0.3 is 5.32 Å². The molecule has 0 saturated carbocycles. The van der Waals surface area contributed by atoms with Crippen molar-refractivity contribution in [3.8, 4) is 23.0 Å². The van der Waals surface area contributed by atoms with E-state index in [1.165, 1.54) is 11.3 Å². The number of nitrogens with one attached hydrogen (secondary N) is 1. The summed E-state index contributed by atoms with van der Waals surface area (Å²) in [6.07, 6.45) is 0.